The molecule has 0 aliphatic carbocycles. The normalized spacial score (nSPS) is 14.0. The predicted octanol–water partition coefficient (Wildman–Crippen LogP) is 0.304. The van der Waals surface area contributed by atoms with Crippen LogP contribution in [0.1, 0.15) is 11.4 Å². The molecule has 0 spiro atoms. The van der Waals surface area contributed by atoms with Crippen molar-refractivity contribution < 1.29 is 8.42 Å². The van der Waals surface area contributed by atoms with Gasteiger partial charge in [-0.25, -0.2) is 13.1 Å². The van der Waals surface area contributed by atoms with Crippen molar-refractivity contribution in [3.05, 3.63) is 35.9 Å². The summed E-state index contributed by atoms with van der Waals surface area (Å²) in [4.78, 5) is 0.286. The highest BCUT2D eigenvalue weighted by atomic mass is 32.2. The van der Waals surface area contributed by atoms with Crippen LogP contribution in [0.4, 0.5) is 5.69 Å². The molecule has 8 heteroatoms. The molecule has 0 fully saturated rings. The molecule has 1 aliphatic heterocycles. The number of anilines is 1. The number of aryl methyl sites for hydroxylation is 1. The van der Waals surface area contributed by atoms with Gasteiger partial charge in [-0.05, 0) is 24.1 Å². The SMILES string of the molecule is Cn1cnnc1CCNS(=O)(=O)c1ccc2c(c1)NCC2. The third-order valence-electron chi connectivity index (χ3n) is 3.55. The molecule has 1 aromatic carbocycles. The van der Waals surface area contributed by atoms with E-state index in [1.54, 1.807) is 23.0 Å². The van der Waals surface area contributed by atoms with Gasteiger partial charge in [0.2, 0.25) is 10.0 Å². The van der Waals surface area contributed by atoms with E-state index in [1.807, 2.05) is 13.1 Å². The van der Waals surface area contributed by atoms with Crippen molar-refractivity contribution in [1.29, 1.82) is 0 Å². The Morgan fingerprint density at radius 1 is 1.43 bits per heavy atom. The van der Waals surface area contributed by atoms with E-state index in [-0.39, 0.29) is 4.90 Å². The molecule has 21 heavy (non-hydrogen) atoms. The van der Waals surface area contributed by atoms with Crippen LogP contribution >= 0.6 is 0 Å². The first-order chi connectivity index (χ1) is 10.1. The number of sulfonamides is 1. The highest BCUT2D eigenvalue weighted by Gasteiger charge is 2.18. The predicted molar refractivity (Wildman–Crippen MR) is 78.5 cm³/mol. The van der Waals surface area contributed by atoms with Gasteiger partial charge in [0.1, 0.15) is 12.2 Å². The molecule has 0 bridgehead atoms. The summed E-state index contributed by atoms with van der Waals surface area (Å²) < 4.78 is 28.9. The third kappa shape index (κ3) is 2.91. The fourth-order valence-electron chi connectivity index (χ4n) is 2.35. The number of benzene rings is 1. The zero-order valence-electron chi connectivity index (χ0n) is 11.7. The van der Waals surface area contributed by atoms with Gasteiger partial charge in [0.25, 0.3) is 0 Å². The van der Waals surface area contributed by atoms with Crippen LogP contribution in [-0.2, 0) is 29.9 Å². The maximum absolute atomic E-state index is 12.3. The first-order valence-corrected chi connectivity index (χ1v) is 8.24. The molecule has 2 heterocycles. The molecule has 3 rings (SSSR count). The molecule has 0 saturated heterocycles. The van der Waals surface area contributed by atoms with Gasteiger partial charge in [0.15, 0.2) is 0 Å². The average molecular weight is 307 g/mol. The molecule has 1 aliphatic rings. The lowest BCUT2D eigenvalue weighted by atomic mass is 10.2. The molecule has 0 atom stereocenters. The number of nitrogens with zero attached hydrogens (tertiary/aromatic N) is 3. The van der Waals surface area contributed by atoms with Crippen molar-refractivity contribution in [2.45, 2.75) is 17.7 Å². The molecule has 2 N–H and O–H groups in total. The van der Waals surface area contributed by atoms with Gasteiger partial charge in [-0.2, -0.15) is 0 Å². The van der Waals surface area contributed by atoms with Gasteiger partial charge in [-0.15, -0.1) is 10.2 Å². The minimum absolute atomic E-state index is 0.286. The van der Waals surface area contributed by atoms with Gasteiger partial charge in [-0.1, -0.05) is 6.07 Å². The van der Waals surface area contributed by atoms with Crippen molar-refractivity contribution in [2.75, 3.05) is 18.4 Å². The number of rotatable bonds is 5. The summed E-state index contributed by atoms with van der Waals surface area (Å²) in [5.74, 6) is 0.744. The van der Waals surface area contributed by atoms with Gasteiger partial charge < -0.3 is 9.88 Å². The average Bonchev–Trinajstić information content (AvgIpc) is 3.07. The number of hydrogen-bond donors (Lipinski definition) is 2. The Morgan fingerprint density at radius 3 is 3.05 bits per heavy atom. The van der Waals surface area contributed by atoms with Crippen LogP contribution < -0.4 is 10.0 Å². The Hall–Kier alpha value is -1.93. The van der Waals surface area contributed by atoms with Crippen molar-refractivity contribution in [1.82, 2.24) is 19.5 Å². The van der Waals surface area contributed by atoms with Crippen molar-refractivity contribution in [3.63, 3.8) is 0 Å². The molecular weight excluding hydrogens is 290 g/mol. The lowest BCUT2D eigenvalue weighted by Gasteiger charge is -2.08. The van der Waals surface area contributed by atoms with E-state index >= 15 is 0 Å². The highest BCUT2D eigenvalue weighted by molar-refractivity contribution is 7.89. The second kappa shape index (κ2) is 5.45. The van der Waals surface area contributed by atoms with E-state index in [2.05, 4.69) is 20.2 Å². The van der Waals surface area contributed by atoms with Crippen LogP contribution in [0.5, 0.6) is 0 Å². The number of hydrogen-bond acceptors (Lipinski definition) is 5. The van der Waals surface area contributed by atoms with Crippen molar-refractivity contribution >= 4 is 15.7 Å². The Labute approximate surface area is 123 Å². The van der Waals surface area contributed by atoms with Crippen LogP contribution in [0.3, 0.4) is 0 Å². The van der Waals surface area contributed by atoms with Crippen LogP contribution in [0.2, 0.25) is 0 Å². The maximum atomic E-state index is 12.3. The molecule has 0 amide bonds. The fourth-order valence-corrected chi connectivity index (χ4v) is 3.41. The van der Waals surface area contributed by atoms with E-state index in [0.717, 1.165) is 30.0 Å². The first kappa shape index (κ1) is 14.0. The van der Waals surface area contributed by atoms with Gasteiger partial charge in [0, 0.05) is 32.2 Å². The van der Waals surface area contributed by atoms with E-state index in [0.29, 0.717) is 13.0 Å². The fraction of sp³-hybridized carbons (Fsp3) is 0.385. The van der Waals surface area contributed by atoms with Crippen LogP contribution in [0, 0.1) is 0 Å². The minimum Gasteiger partial charge on any atom is -0.384 e. The van der Waals surface area contributed by atoms with Crippen LogP contribution in [-0.4, -0.2) is 36.3 Å². The quantitative estimate of drug-likeness (QED) is 0.829. The van der Waals surface area contributed by atoms with Crippen LogP contribution in [0.15, 0.2) is 29.4 Å². The van der Waals surface area contributed by atoms with Crippen LogP contribution in [0.25, 0.3) is 0 Å². The molecule has 112 valence electrons. The van der Waals surface area contributed by atoms with Crippen molar-refractivity contribution in [2.24, 2.45) is 7.05 Å². The maximum Gasteiger partial charge on any atom is 0.240 e. The van der Waals surface area contributed by atoms with Crippen molar-refractivity contribution in [3.8, 4) is 0 Å². The lowest BCUT2D eigenvalue weighted by Crippen LogP contribution is -2.26. The Bertz CT molecular complexity index is 754. The summed E-state index contributed by atoms with van der Waals surface area (Å²) in [5.41, 5.74) is 2.07. The molecule has 1 aromatic heterocycles. The summed E-state index contributed by atoms with van der Waals surface area (Å²) >= 11 is 0. The summed E-state index contributed by atoms with van der Waals surface area (Å²) in [5, 5.41) is 10.9. The number of fused-ring (bicyclic) bond motifs is 1. The Morgan fingerprint density at radius 2 is 2.29 bits per heavy atom. The minimum atomic E-state index is -3.50. The topological polar surface area (TPSA) is 88.9 Å². The zero-order valence-corrected chi connectivity index (χ0v) is 12.5. The molecule has 2 aromatic rings. The smallest absolute Gasteiger partial charge is 0.240 e. The van der Waals surface area contributed by atoms with E-state index in [4.69, 9.17) is 0 Å². The number of nitrogens with one attached hydrogen (secondary N) is 2. The zero-order chi connectivity index (χ0) is 14.9. The van der Waals surface area contributed by atoms with Gasteiger partial charge in [0.05, 0.1) is 4.90 Å². The molecular formula is C13H17N5O2S. The first-order valence-electron chi connectivity index (χ1n) is 6.75. The Balaban J connectivity index is 1.68. The molecule has 0 saturated carbocycles. The summed E-state index contributed by atoms with van der Waals surface area (Å²) in [6.07, 6.45) is 3.03. The number of aromatic nitrogens is 3. The van der Waals surface area contributed by atoms with Gasteiger partial charge >= 0.3 is 0 Å². The van der Waals surface area contributed by atoms with E-state index in [9.17, 15) is 8.42 Å². The van der Waals surface area contributed by atoms with E-state index in [1.165, 1.54) is 0 Å². The monoisotopic (exact) mass is 307 g/mol. The second-order valence-corrected chi connectivity index (χ2v) is 6.77. The summed E-state index contributed by atoms with van der Waals surface area (Å²) in [7, 11) is -1.67. The standard InChI is InChI=1S/C13H17N5O2S/c1-18-9-15-17-13(18)5-7-16-21(19,20)11-3-2-10-4-6-14-12(10)8-11/h2-3,8-9,14,16H,4-7H2,1H3. The van der Waals surface area contributed by atoms with E-state index < -0.39 is 10.0 Å². The molecule has 7 nitrogen and oxygen atoms in total. The lowest BCUT2D eigenvalue weighted by molar-refractivity contribution is 0.580. The second-order valence-electron chi connectivity index (χ2n) is 5.00. The summed E-state index contributed by atoms with van der Waals surface area (Å²) in [6, 6.07) is 5.20. The largest absolute Gasteiger partial charge is 0.384 e. The Kier molecular flexibility index (Phi) is 3.64. The molecule has 0 unspecified atom stereocenters. The third-order valence-corrected chi connectivity index (χ3v) is 5.01. The highest BCUT2D eigenvalue weighted by Crippen LogP contribution is 2.25. The molecule has 0 radical (unpaired) electrons. The summed E-state index contributed by atoms with van der Waals surface area (Å²) in [6.45, 7) is 1.15. The van der Waals surface area contributed by atoms with Gasteiger partial charge in [-0.3, -0.25) is 0 Å².